The lowest BCUT2D eigenvalue weighted by molar-refractivity contribution is -0.0860. The molecule has 2 atom stereocenters. The summed E-state index contributed by atoms with van der Waals surface area (Å²) in [6.07, 6.45) is 10.1. The van der Waals surface area contributed by atoms with Crippen LogP contribution in [0.15, 0.2) is 36.6 Å². The first-order valence-electron chi connectivity index (χ1n) is 4.66. The van der Waals surface area contributed by atoms with Crippen molar-refractivity contribution in [2.75, 3.05) is 6.61 Å². The van der Waals surface area contributed by atoms with E-state index in [9.17, 15) is 0 Å². The van der Waals surface area contributed by atoms with Crippen molar-refractivity contribution in [2.45, 2.75) is 25.0 Å². The Bertz CT molecular complexity index is 253. The van der Waals surface area contributed by atoms with E-state index in [-0.39, 0.29) is 12.2 Å². The van der Waals surface area contributed by atoms with Crippen molar-refractivity contribution in [3.63, 3.8) is 0 Å². The molecule has 70 valence electrons. The third-order valence-corrected chi connectivity index (χ3v) is 2.28. The highest BCUT2D eigenvalue weighted by molar-refractivity contribution is 5.19. The highest BCUT2D eigenvalue weighted by atomic mass is 16.6. The Hall–Kier alpha value is -1.02. The fourth-order valence-corrected chi connectivity index (χ4v) is 1.61. The van der Waals surface area contributed by atoms with E-state index in [4.69, 9.17) is 9.47 Å². The van der Waals surface area contributed by atoms with Gasteiger partial charge in [-0.2, -0.15) is 0 Å². The normalized spacial score (nSPS) is 31.5. The lowest BCUT2D eigenvalue weighted by Crippen LogP contribution is -2.34. The van der Waals surface area contributed by atoms with E-state index in [0.717, 1.165) is 18.6 Å². The summed E-state index contributed by atoms with van der Waals surface area (Å²) < 4.78 is 11.4. The highest BCUT2D eigenvalue weighted by Gasteiger charge is 2.26. The van der Waals surface area contributed by atoms with E-state index in [1.807, 2.05) is 18.2 Å². The van der Waals surface area contributed by atoms with Crippen molar-refractivity contribution < 1.29 is 9.47 Å². The van der Waals surface area contributed by atoms with Gasteiger partial charge in [0.25, 0.3) is 0 Å². The van der Waals surface area contributed by atoms with Crippen LogP contribution in [-0.2, 0) is 9.47 Å². The van der Waals surface area contributed by atoms with E-state index in [1.54, 1.807) is 0 Å². The Labute approximate surface area is 78.5 Å². The highest BCUT2D eigenvalue weighted by Crippen LogP contribution is 2.25. The van der Waals surface area contributed by atoms with Gasteiger partial charge in [-0.1, -0.05) is 18.2 Å². The van der Waals surface area contributed by atoms with Crippen molar-refractivity contribution in [2.24, 2.45) is 0 Å². The van der Waals surface area contributed by atoms with Gasteiger partial charge >= 0.3 is 0 Å². The number of fused-ring (bicyclic) bond motifs is 1. The third kappa shape index (κ3) is 1.83. The fraction of sp³-hybridized carbons (Fsp3) is 0.455. The zero-order valence-electron chi connectivity index (χ0n) is 7.61. The molecule has 1 fully saturated rings. The van der Waals surface area contributed by atoms with E-state index < -0.39 is 0 Å². The molecule has 1 saturated heterocycles. The standard InChI is InChI=1S/C11H14O2/c1-2-5-9-8-12-10-6-3-4-7-11(10)13-9/h2-4,7,9-10H,1,5-6,8H2. The summed E-state index contributed by atoms with van der Waals surface area (Å²) in [5.41, 5.74) is 0. The molecule has 0 spiro atoms. The molecule has 2 nitrogen and oxygen atoms in total. The molecule has 0 aromatic heterocycles. The first kappa shape index (κ1) is 8.57. The van der Waals surface area contributed by atoms with Gasteiger partial charge in [0.05, 0.1) is 6.61 Å². The predicted molar refractivity (Wildman–Crippen MR) is 51.3 cm³/mol. The van der Waals surface area contributed by atoms with E-state index in [0.29, 0.717) is 6.61 Å². The minimum absolute atomic E-state index is 0.158. The molecule has 2 aliphatic rings. The molecule has 0 saturated carbocycles. The second-order valence-electron chi connectivity index (χ2n) is 3.32. The van der Waals surface area contributed by atoms with Crippen molar-refractivity contribution in [1.29, 1.82) is 0 Å². The van der Waals surface area contributed by atoms with Crippen LogP contribution in [0.3, 0.4) is 0 Å². The second-order valence-corrected chi connectivity index (χ2v) is 3.32. The molecule has 1 heterocycles. The van der Waals surface area contributed by atoms with Crippen LogP contribution in [0.2, 0.25) is 0 Å². The Kier molecular flexibility index (Phi) is 2.50. The predicted octanol–water partition coefficient (Wildman–Crippen LogP) is 2.19. The van der Waals surface area contributed by atoms with Gasteiger partial charge in [-0.15, -0.1) is 6.58 Å². The fourth-order valence-electron chi connectivity index (χ4n) is 1.61. The lowest BCUT2D eigenvalue weighted by Gasteiger charge is -2.32. The van der Waals surface area contributed by atoms with Gasteiger partial charge in [0, 0.05) is 6.42 Å². The summed E-state index contributed by atoms with van der Waals surface area (Å²) in [7, 11) is 0. The van der Waals surface area contributed by atoms with Crippen LogP contribution < -0.4 is 0 Å². The average molecular weight is 178 g/mol. The van der Waals surface area contributed by atoms with Crippen molar-refractivity contribution >= 4 is 0 Å². The SMILES string of the molecule is C=CCC1COC2CC=CC=C2O1. The summed E-state index contributed by atoms with van der Waals surface area (Å²) >= 11 is 0. The molecule has 0 radical (unpaired) electrons. The van der Waals surface area contributed by atoms with Crippen LogP contribution in [-0.4, -0.2) is 18.8 Å². The monoisotopic (exact) mass is 178 g/mol. The van der Waals surface area contributed by atoms with Gasteiger partial charge in [0.2, 0.25) is 0 Å². The second kappa shape index (κ2) is 3.79. The van der Waals surface area contributed by atoms with E-state index >= 15 is 0 Å². The van der Waals surface area contributed by atoms with Gasteiger partial charge in [-0.3, -0.25) is 0 Å². The Morgan fingerprint density at radius 2 is 2.54 bits per heavy atom. The molecular formula is C11H14O2. The largest absolute Gasteiger partial charge is 0.489 e. The molecule has 13 heavy (non-hydrogen) atoms. The first-order chi connectivity index (χ1) is 6.40. The van der Waals surface area contributed by atoms with Gasteiger partial charge < -0.3 is 9.47 Å². The number of rotatable bonds is 2. The molecule has 0 N–H and O–H groups in total. The average Bonchev–Trinajstić information content (AvgIpc) is 2.18. The van der Waals surface area contributed by atoms with Crippen LogP contribution in [0, 0.1) is 0 Å². The summed E-state index contributed by atoms with van der Waals surface area (Å²) in [4.78, 5) is 0. The van der Waals surface area contributed by atoms with E-state index in [2.05, 4.69) is 12.7 Å². The lowest BCUT2D eigenvalue weighted by atomic mass is 10.1. The minimum atomic E-state index is 0.158. The quantitative estimate of drug-likeness (QED) is 0.603. The molecule has 1 aliphatic carbocycles. The molecule has 0 aromatic rings. The zero-order valence-corrected chi connectivity index (χ0v) is 7.61. The van der Waals surface area contributed by atoms with Crippen LogP contribution in [0.5, 0.6) is 0 Å². The zero-order chi connectivity index (χ0) is 9.10. The molecule has 0 amide bonds. The van der Waals surface area contributed by atoms with E-state index in [1.165, 1.54) is 0 Å². The molecule has 2 unspecified atom stereocenters. The summed E-state index contributed by atoms with van der Waals surface area (Å²) in [5.74, 6) is 0.973. The minimum Gasteiger partial charge on any atom is -0.489 e. The van der Waals surface area contributed by atoms with Crippen molar-refractivity contribution in [3.8, 4) is 0 Å². The van der Waals surface area contributed by atoms with Crippen LogP contribution >= 0.6 is 0 Å². The van der Waals surface area contributed by atoms with Gasteiger partial charge in [-0.25, -0.2) is 0 Å². The van der Waals surface area contributed by atoms with Crippen LogP contribution in [0.4, 0.5) is 0 Å². The maximum absolute atomic E-state index is 5.74. The van der Waals surface area contributed by atoms with Crippen molar-refractivity contribution in [1.82, 2.24) is 0 Å². The Morgan fingerprint density at radius 1 is 1.62 bits per heavy atom. The number of hydrogen-bond acceptors (Lipinski definition) is 2. The molecule has 1 aliphatic heterocycles. The number of ether oxygens (including phenoxy) is 2. The maximum atomic E-state index is 5.74. The molecule has 2 rings (SSSR count). The Morgan fingerprint density at radius 3 is 3.38 bits per heavy atom. The summed E-state index contributed by atoms with van der Waals surface area (Å²) in [6.45, 7) is 4.37. The molecule has 0 aromatic carbocycles. The van der Waals surface area contributed by atoms with Crippen LogP contribution in [0.1, 0.15) is 12.8 Å². The van der Waals surface area contributed by atoms with Crippen LogP contribution in [0.25, 0.3) is 0 Å². The van der Waals surface area contributed by atoms with Crippen molar-refractivity contribution in [3.05, 3.63) is 36.6 Å². The Balaban J connectivity index is 2.01. The third-order valence-electron chi connectivity index (χ3n) is 2.28. The molecular weight excluding hydrogens is 164 g/mol. The number of hydrogen-bond donors (Lipinski definition) is 0. The first-order valence-corrected chi connectivity index (χ1v) is 4.66. The number of allylic oxidation sites excluding steroid dienone is 2. The topological polar surface area (TPSA) is 18.5 Å². The summed E-state index contributed by atoms with van der Waals surface area (Å²) in [6, 6.07) is 0. The summed E-state index contributed by atoms with van der Waals surface area (Å²) in [5, 5.41) is 0. The van der Waals surface area contributed by atoms with Gasteiger partial charge in [-0.05, 0) is 12.5 Å². The maximum Gasteiger partial charge on any atom is 0.126 e. The van der Waals surface area contributed by atoms with Gasteiger partial charge in [0.15, 0.2) is 0 Å². The smallest absolute Gasteiger partial charge is 0.126 e. The molecule has 2 heteroatoms. The molecule has 0 bridgehead atoms. The van der Waals surface area contributed by atoms with Gasteiger partial charge in [0.1, 0.15) is 18.0 Å².